The summed E-state index contributed by atoms with van der Waals surface area (Å²) in [6.45, 7) is 0. The average Bonchev–Trinajstić information content (AvgIpc) is 2.82. The van der Waals surface area contributed by atoms with Crippen molar-refractivity contribution in [1.29, 1.82) is 5.26 Å². The number of hydrogen-bond donors (Lipinski definition) is 2. The molecular formula is C12H12N4. The van der Waals surface area contributed by atoms with Crippen molar-refractivity contribution in [1.82, 2.24) is 4.98 Å². The first-order valence-electron chi connectivity index (χ1n) is 4.89. The summed E-state index contributed by atoms with van der Waals surface area (Å²) in [5, 5.41) is 8.85. The quantitative estimate of drug-likeness (QED) is 0.750. The zero-order valence-electron chi connectivity index (χ0n) is 8.94. The number of aromatic amines is 1. The van der Waals surface area contributed by atoms with Crippen molar-refractivity contribution in [3.8, 4) is 6.07 Å². The first-order valence-corrected chi connectivity index (χ1v) is 4.89. The summed E-state index contributed by atoms with van der Waals surface area (Å²) in [6.07, 6.45) is 1.84. The number of benzene rings is 1. The van der Waals surface area contributed by atoms with Gasteiger partial charge in [-0.2, -0.15) is 5.26 Å². The summed E-state index contributed by atoms with van der Waals surface area (Å²) in [5.74, 6) is 0.932. The third kappa shape index (κ3) is 1.71. The highest BCUT2D eigenvalue weighted by Gasteiger charge is 2.08. The highest BCUT2D eigenvalue weighted by molar-refractivity contribution is 5.74. The van der Waals surface area contributed by atoms with Crippen molar-refractivity contribution < 1.29 is 0 Å². The average molecular weight is 212 g/mol. The number of nitrogen functional groups attached to an aromatic ring is 1. The van der Waals surface area contributed by atoms with Gasteiger partial charge in [0.05, 0.1) is 23.0 Å². The maximum atomic E-state index is 8.85. The number of hydrogen-bond acceptors (Lipinski definition) is 3. The third-order valence-corrected chi connectivity index (χ3v) is 2.46. The number of aromatic nitrogens is 1. The Morgan fingerprint density at radius 2 is 2.19 bits per heavy atom. The Balaban J connectivity index is 2.44. The van der Waals surface area contributed by atoms with Crippen LogP contribution < -0.4 is 10.6 Å². The molecule has 0 aliphatic carbocycles. The lowest BCUT2D eigenvalue weighted by atomic mass is 10.2. The van der Waals surface area contributed by atoms with Crippen LogP contribution >= 0.6 is 0 Å². The molecule has 0 amide bonds. The van der Waals surface area contributed by atoms with Crippen molar-refractivity contribution in [2.24, 2.45) is 0 Å². The fourth-order valence-corrected chi connectivity index (χ4v) is 1.56. The van der Waals surface area contributed by atoms with E-state index in [1.807, 2.05) is 30.3 Å². The van der Waals surface area contributed by atoms with Gasteiger partial charge >= 0.3 is 0 Å². The minimum atomic E-state index is 0.600. The van der Waals surface area contributed by atoms with E-state index in [2.05, 4.69) is 11.1 Å². The second-order valence-corrected chi connectivity index (χ2v) is 3.50. The van der Waals surface area contributed by atoms with E-state index >= 15 is 0 Å². The number of rotatable bonds is 2. The van der Waals surface area contributed by atoms with Crippen molar-refractivity contribution in [3.05, 3.63) is 42.1 Å². The Labute approximate surface area is 93.9 Å². The molecular weight excluding hydrogens is 200 g/mol. The summed E-state index contributed by atoms with van der Waals surface area (Å²) in [5.41, 5.74) is 7.96. The van der Waals surface area contributed by atoms with Crippen LogP contribution in [-0.2, 0) is 0 Å². The van der Waals surface area contributed by atoms with E-state index in [0.717, 1.165) is 11.5 Å². The molecule has 4 nitrogen and oxygen atoms in total. The van der Waals surface area contributed by atoms with Crippen LogP contribution in [0.3, 0.4) is 0 Å². The van der Waals surface area contributed by atoms with Gasteiger partial charge in [0.2, 0.25) is 0 Å². The van der Waals surface area contributed by atoms with Gasteiger partial charge in [-0.3, -0.25) is 0 Å². The van der Waals surface area contributed by atoms with Gasteiger partial charge < -0.3 is 15.6 Å². The topological polar surface area (TPSA) is 68.8 Å². The predicted octanol–water partition coefficient (Wildman–Crippen LogP) is 2.24. The van der Waals surface area contributed by atoms with Crippen LogP contribution in [0.4, 0.5) is 17.2 Å². The van der Waals surface area contributed by atoms with E-state index in [0.29, 0.717) is 11.3 Å². The van der Waals surface area contributed by atoms with Crippen molar-refractivity contribution in [2.75, 3.05) is 17.7 Å². The molecule has 3 N–H and O–H groups in total. The molecule has 0 aliphatic heterocycles. The van der Waals surface area contributed by atoms with Gasteiger partial charge in [0.15, 0.2) is 0 Å². The molecule has 1 aromatic heterocycles. The predicted molar refractivity (Wildman–Crippen MR) is 64.4 cm³/mol. The number of nitrogens with two attached hydrogens (primary N) is 1. The van der Waals surface area contributed by atoms with E-state index in [1.165, 1.54) is 0 Å². The second-order valence-electron chi connectivity index (χ2n) is 3.50. The molecule has 2 rings (SSSR count). The van der Waals surface area contributed by atoms with Crippen LogP contribution in [0, 0.1) is 11.3 Å². The van der Waals surface area contributed by atoms with Crippen molar-refractivity contribution >= 4 is 17.2 Å². The fraction of sp³-hybridized carbons (Fsp3) is 0.0833. The molecule has 0 fully saturated rings. The van der Waals surface area contributed by atoms with E-state index in [9.17, 15) is 0 Å². The summed E-state index contributed by atoms with van der Waals surface area (Å²) in [6, 6.07) is 11.2. The molecule has 1 aromatic carbocycles. The molecule has 0 saturated heterocycles. The van der Waals surface area contributed by atoms with Crippen LogP contribution in [0.15, 0.2) is 36.5 Å². The number of nitrogens with zero attached hydrogens (tertiary/aromatic N) is 2. The minimum Gasteiger partial charge on any atom is -0.397 e. The molecule has 4 heteroatoms. The van der Waals surface area contributed by atoms with Crippen molar-refractivity contribution in [2.45, 2.75) is 0 Å². The Hall–Kier alpha value is -2.41. The summed E-state index contributed by atoms with van der Waals surface area (Å²) in [7, 11) is 1.90. The Morgan fingerprint density at radius 1 is 1.38 bits per heavy atom. The normalized spacial score (nSPS) is 9.75. The standard InChI is InChI=1S/C12H12N4/c1-16(12-3-2-6-15-12)11-7-9(8-13)4-5-10(11)14/h2-7,15H,14H2,1H3. The van der Waals surface area contributed by atoms with Gasteiger partial charge in [-0.1, -0.05) is 0 Å². The number of H-pyrrole nitrogens is 1. The van der Waals surface area contributed by atoms with Crippen LogP contribution in [0.25, 0.3) is 0 Å². The van der Waals surface area contributed by atoms with Crippen LogP contribution in [0.1, 0.15) is 5.56 Å². The molecule has 16 heavy (non-hydrogen) atoms. The molecule has 0 atom stereocenters. The first-order chi connectivity index (χ1) is 7.72. The van der Waals surface area contributed by atoms with E-state index in [4.69, 9.17) is 11.0 Å². The van der Waals surface area contributed by atoms with Gasteiger partial charge in [-0.15, -0.1) is 0 Å². The lowest BCUT2D eigenvalue weighted by molar-refractivity contribution is 1.15. The molecule has 2 aromatic rings. The molecule has 80 valence electrons. The molecule has 0 radical (unpaired) electrons. The van der Waals surface area contributed by atoms with E-state index in [1.54, 1.807) is 18.2 Å². The Bertz CT molecular complexity index is 522. The summed E-state index contributed by atoms with van der Waals surface area (Å²) < 4.78 is 0. The maximum Gasteiger partial charge on any atom is 0.110 e. The van der Waals surface area contributed by atoms with Gasteiger partial charge in [-0.05, 0) is 30.3 Å². The molecule has 0 aliphatic rings. The monoisotopic (exact) mass is 212 g/mol. The Kier molecular flexibility index (Phi) is 2.52. The lowest BCUT2D eigenvalue weighted by Gasteiger charge is -2.19. The van der Waals surface area contributed by atoms with E-state index in [-0.39, 0.29) is 0 Å². The smallest absolute Gasteiger partial charge is 0.110 e. The van der Waals surface area contributed by atoms with Crippen LogP contribution in [-0.4, -0.2) is 12.0 Å². The lowest BCUT2D eigenvalue weighted by Crippen LogP contribution is -2.12. The number of nitrogens with one attached hydrogen (secondary N) is 1. The SMILES string of the molecule is CN(c1ccc[nH]1)c1cc(C#N)ccc1N. The second kappa shape index (κ2) is 3.99. The van der Waals surface area contributed by atoms with Gasteiger partial charge in [0.25, 0.3) is 0 Å². The zero-order valence-corrected chi connectivity index (χ0v) is 8.94. The minimum absolute atomic E-state index is 0.600. The summed E-state index contributed by atoms with van der Waals surface area (Å²) >= 11 is 0. The van der Waals surface area contributed by atoms with Gasteiger partial charge in [0.1, 0.15) is 5.82 Å². The molecule has 0 bridgehead atoms. The largest absolute Gasteiger partial charge is 0.397 e. The van der Waals surface area contributed by atoms with E-state index < -0.39 is 0 Å². The zero-order chi connectivity index (χ0) is 11.5. The summed E-state index contributed by atoms with van der Waals surface area (Å²) in [4.78, 5) is 5.00. The van der Waals surface area contributed by atoms with Crippen LogP contribution in [0.2, 0.25) is 0 Å². The molecule has 1 heterocycles. The number of anilines is 3. The highest BCUT2D eigenvalue weighted by Crippen LogP contribution is 2.28. The number of nitriles is 1. The van der Waals surface area contributed by atoms with Crippen molar-refractivity contribution in [3.63, 3.8) is 0 Å². The molecule has 0 spiro atoms. The third-order valence-electron chi connectivity index (χ3n) is 2.46. The molecule has 0 unspecified atom stereocenters. The fourth-order valence-electron chi connectivity index (χ4n) is 1.56. The van der Waals surface area contributed by atoms with Gasteiger partial charge in [-0.25, -0.2) is 0 Å². The first kappa shape index (κ1) is 10.1. The molecule has 0 saturated carbocycles. The highest BCUT2D eigenvalue weighted by atomic mass is 15.2. The maximum absolute atomic E-state index is 8.85. The Morgan fingerprint density at radius 3 is 2.81 bits per heavy atom. The van der Waals surface area contributed by atoms with Gasteiger partial charge in [0, 0.05) is 13.2 Å². The van der Waals surface area contributed by atoms with Crippen LogP contribution in [0.5, 0.6) is 0 Å².